The first-order chi connectivity index (χ1) is 10.0. The minimum atomic E-state index is -3.49. The van der Waals surface area contributed by atoms with Crippen molar-refractivity contribution in [1.82, 2.24) is 14.3 Å². The molecule has 0 amide bonds. The Morgan fingerprint density at radius 2 is 1.59 bits per heavy atom. The lowest BCUT2D eigenvalue weighted by Gasteiger charge is -2.31. The summed E-state index contributed by atoms with van der Waals surface area (Å²) in [5, 5.41) is 3.52. The number of hydrogen-bond donors (Lipinski definition) is 2. The number of fused-ring (bicyclic) bond motifs is 2. The van der Waals surface area contributed by atoms with E-state index in [0.29, 0.717) is 38.4 Å². The smallest absolute Gasteiger partial charge is 0.279 e. The highest BCUT2D eigenvalue weighted by molar-refractivity contribution is 7.87. The Labute approximate surface area is 139 Å². The van der Waals surface area contributed by atoms with E-state index in [1.54, 1.807) is 14.2 Å². The van der Waals surface area contributed by atoms with E-state index < -0.39 is 10.2 Å². The van der Waals surface area contributed by atoms with Gasteiger partial charge >= 0.3 is 0 Å². The molecule has 2 fully saturated rings. The molecule has 2 rings (SSSR count). The molecule has 2 N–H and O–H groups in total. The lowest BCUT2D eigenvalue weighted by molar-refractivity contribution is 0.149. The molecule has 2 heterocycles. The maximum atomic E-state index is 12.5. The van der Waals surface area contributed by atoms with Crippen LogP contribution in [0.3, 0.4) is 0 Å². The van der Waals surface area contributed by atoms with Gasteiger partial charge in [0.1, 0.15) is 0 Å². The summed E-state index contributed by atoms with van der Waals surface area (Å²) in [6.45, 7) is 1.43. The van der Waals surface area contributed by atoms with E-state index >= 15 is 0 Å². The zero-order valence-electron chi connectivity index (χ0n) is 13.3. The van der Waals surface area contributed by atoms with Crippen LogP contribution in [0.5, 0.6) is 0 Å². The van der Waals surface area contributed by atoms with Gasteiger partial charge in [-0.25, -0.2) is 0 Å². The number of rotatable bonds is 9. The van der Waals surface area contributed by atoms with E-state index in [2.05, 4.69) is 10.0 Å². The predicted molar refractivity (Wildman–Crippen MR) is 87.6 cm³/mol. The Morgan fingerprint density at radius 3 is 2.05 bits per heavy atom. The van der Waals surface area contributed by atoms with Crippen molar-refractivity contribution < 1.29 is 17.9 Å². The van der Waals surface area contributed by atoms with Gasteiger partial charge < -0.3 is 14.8 Å². The van der Waals surface area contributed by atoms with Crippen molar-refractivity contribution in [2.75, 3.05) is 40.5 Å². The quantitative estimate of drug-likeness (QED) is 0.612. The van der Waals surface area contributed by atoms with Gasteiger partial charge in [0, 0.05) is 45.4 Å². The van der Waals surface area contributed by atoms with Crippen molar-refractivity contribution in [3.8, 4) is 0 Å². The summed E-state index contributed by atoms with van der Waals surface area (Å²) in [5.41, 5.74) is 0. The van der Waals surface area contributed by atoms with Crippen LogP contribution in [-0.2, 0) is 19.7 Å². The normalized spacial score (nSPS) is 27.9. The van der Waals surface area contributed by atoms with Crippen molar-refractivity contribution in [2.24, 2.45) is 0 Å². The minimum absolute atomic E-state index is 0. The number of piperidine rings is 1. The monoisotopic (exact) mass is 357 g/mol. The van der Waals surface area contributed by atoms with Gasteiger partial charge in [0.2, 0.25) is 0 Å². The van der Waals surface area contributed by atoms with Crippen LogP contribution in [0.1, 0.15) is 25.7 Å². The summed E-state index contributed by atoms with van der Waals surface area (Å²) in [4.78, 5) is 0. The molecule has 0 saturated carbocycles. The Balaban J connectivity index is 0.00000242. The standard InChI is InChI=1S/C13H27N3O4S.ClH/c1-19-7-5-16(6-8-20-2)21(17,18)15-13-9-11-3-4-12(10-13)14-11;/h11-15H,3-10H2,1-2H3;1H. The van der Waals surface area contributed by atoms with Gasteiger partial charge in [-0.1, -0.05) is 0 Å². The first-order valence-corrected chi connectivity index (χ1v) is 9.00. The van der Waals surface area contributed by atoms with Gasteiger partial charge in [-0.15, -0.1) is 12.4 Å². The van der Waals surface area contributed by atoms with Gasteiger partial charge in [-0.05, 0) is 25.7 Å². The number of nitrogens with one attached hydrogen (secondary N) is 2. The first-order valence-electron chi connectivity index (χ1n) is 7.56. The van der Waals surface area contributed by atoms with E-state index in [1.165, 1.54) is 4.31 Å². The summed E-state index contributed by atoms with van der Waals surface area (Å²) in [5.74, 6) is 0. The van der Waals surface area contributed by atoms with Gasteiger partial charge in [-0.3, -0.25) is 0 Å². The molecule has 0 aromatic heterocycles. The molecule has 7 nitrogen and oxygen atoms in total. The van der Waals surface area contributed by atoms with E-state index in [4.69, 9.17) is 9.47 Å². The van der Waals surface area contributed by atoms with Crippen LogP contribution in [0.25, 0.3) is 0 Å². The third-order valence-electron chi connectivity index (χ3n) is 4.22. The zero-order valence-corrected chi connectivity index (χ0v) is 14.9. The Bertz CT molecular complexity index is 404. The predicted octanol–water partition coefficient (Wildman–Crippen LogP) is 0.120. The highest BCUT2D eigenvalue weighted by Crippen LogP contribution is 2.27. The highest BCUT2D eigenvalue weighted by atomic mass is 35.5. The molecule has 2 bridgehead atoms. The molecule has 2 atom stereocenters. The molecule has 0 aromatic carbocycles. The topological polar surface area (TPSA) is 79.9 Å². The number of methoxy groups -OCH3 is 2. The van der Waals surface area contributed by atoms with Gasteiger partial charge in [0.05, 0.1) is 13.2 Å². The first kappa shape index (κ1) is 20.1. The maximum absolute atomic E-state index is 12.5. The molecular weight excluding hydrogens is 330 g/mol. The van der Waals surface area contributed by atoms with Crippen LogP contribution in [-0.4, -0.2) is 71.4 Å². The molecule has 2 aliphatic rings. The Morgan fingerprint density at radius 1 is 1.09 bits per heavy atom. The average molecular weight is 358 g/mol. The van der Waals surface area contributed by atoms with Crippen LogP contribution in [0.2, 0.25) is 0 Å². The maximum Gasteiger partial charge on any atom is 0.279 e. The SMILES string of the molecule is COCCN(CCOC)S(=O)(=O)NC1CC2CCC(C1)N2.Cl. The van der Waals surface area contributed by atoms with Gasteiger partial charge in [0.25, 0.3) is 10.2 Å². The zero-order chi connectivity index (χ0) is 15.3. The van der Waals surface area contributed by atoms with Crippen molar-refractivity contribution in [2.45, 2.75) is 43.8 Å². The fraction of sp³-hybridized carbons (Fsp3) is 1.00. The van der Waals surface area contributed by atoms with Crippen molar-refractivity contribution >= 4 is 22.6 Å². The van der Waals surface area contributed by atoms with Crippen molar-refractivity contribution in [1.29, 1.82) is 0 Å². The van der Waals surface area contributed by atoms with Crippen LogP contribution >= 0.6 is 12.4 Å². The third-order valence-corrected chi connectivity index (χ3v) is 5.89. The molecule has 0 radical (unpaired) electrons. The van der Waals surface area contributed by atoms with E-state index in [1.807, 2.05) is 0 Å². The number of halogens is 1. The largest absolute Gasteiger partial charge is 0.383 e. The van der Waals surface area contributed by atoms with E-state index in [-0.39, 0.29) is 18.4 Å². The molecule has 9 heteroatoms. The summed E-state index contributed by atoms with van der Waals surface area (Å²) < 4.78 is 39.3. The number of nitrogens with zero attached hydrogens (tertiary/aromatic N) is 1. The van der Waals surface area contributed by atoms with E-state index in [9.17, 15) is 8.42 Å². The molecule has 2 aliphatic heterocycles. The molecule has 2 saturated heterocycles. The molecule has 0 aromatic rings. The number of ether oxygens (including phenoxy) is 2. The molecule has 0 spiro atoms. The molecule has 2 unspecified atom stereocenters. The molecule has 132 valence electrons. The van der Waals surface area contributed by atoms with Crippen LogP contribution in [0.4, 0.5) is 0 Å². The molecule has 0 aliphatic carbocycles. The van der Waals surface area contributed by atoms with Crippen LogP contribution in [0, 0.1) is 0 Å². The van der Waals surface area contributed by atoms with Crippen molar-refractivity contribution in [3.05, 3.63) is 0 Å². The van der Waals surface area contributed by atoms with Crippen LogP contribution in [0.15, 0.2) is 0 Å². The van der Waals surface area contributed by atoms with E-state index in [0.717, 1.165) is 25.7 Å². The second-order valence-electron chi connectivity index (χ2n) is 5.81. The Hall–Kier alpha value is 0.0400. The minimum Gasteiger partial charge on any atom is -0.383 e. The Kier molecular flexibility index (Phi) is 8.55. The van der Waals surface area contributed by atoms with Crippen LogP contribution < -0.4 is 10.0 Å². The summed E-state index contributed by atoms with van der Waals surface area (Å²) in [7, 11) is -0.353. The van der Waals surface area contributed by atoms with Gasteiger partial charge in [-0.2, -0.15) is 17.4 Å². The lowest BCUT2D eigenvalue weighted by atomic mass is 10.0. The molecule has 22 heavy (non-hydrogen) atoms. The van der Waals surface area contributed by atoms with Crippen molar-refractivity contribution in [3.63, 3.8) is 0 Å². The summed E-state index contributed by atoms with van der Waals surface area (Å²) in [6.07, 6.45) is 4.05. The lowest BCUT2D eigenvalue weighted by Crippen LogP contribution is -2.52. The van der Waals surface area contributed by atoms with Gasteiger partial charge in [0.15, 0.2) is 0 Å². The summed E-state index contributed by atoms with van der Waals surface area (Å²) >= 11 is 0. The second-order valence-corrected chi connectivity index (χ2v) is 7.52. The fourth-order valence-corrected chi connectivity index (χ4v) is 4.57. The molecular formula is C13H28ClN3O4S. The fourth-order valence-electron chi connectivity index (χ4n) is 3.18. The second kappa shape index (κ2) is 9.36. The highest BCUT2D eigenvalue weighted by Gasteiger charge is 2.36. The third kappa shape index (κ3) is 5.59. The number of hydrogen-bond acceptors (Lipinski definition) is 5. The average Bonchev–Trinajstić information content (AvgIpc) is 2.77. The summed E-state index contributed by atoms with van der Waals surface area (Å²) in [6, 6.07) is 0.951.